The molecular formula is C16H18ClN3O. The Balaban J connectivity index is 2.19. The third kappa shape index (κ3) is 3.67. The summed E-state index contributed by atoms with van der Waals surface area (Å²) >= 11 is 6.26. The summed E-state index contributed by atoms with van der Waals surface area (Å²) in [5, 5.41) is 8.03. The molecule has 0 spiro atoms. The van der Waals surface area contributed by atoms with Gasteiger partial charge < -0.3 is 15.4 Å². The van der Waals surface area contributed by atoms with E-state index in [4.69, 9.17) is 27.5 Å². The lowest BCUT2D eigenvalue weighted by molar-refractivity contribution is 0.415. The summed E-state index contributed by atoms with van der Waals surface area (Å²) in [5.74, 6) is 0.835. The Morgan fingerprint density at radius 1 is 1.29 bits per heavy atom. The Morgan fingerprint density at radius 3 is 2.67 bits per heavy atom. The van der Waals surface area contributed by atoms with Gasteiger partial charge in [0.05, 0.1) is 7.11 Å². The molecule has 0 amide bonds. The van der Waals surface area contributed by atoms with E-state index in [1.54, 1.807) is 13.2 Å². The summed E-state index contributed by atoms with van der Waals surface area (Å²) in [5.41, 5.74) is 8.11. The Kier molecular flexibility index (Phi) is 4.70. The number of benzene rings is 2. The minimum atomic E-state index is 0.0181. The highest BCUT2D eigenvalue weighted by Crippen LogP contribution is 2.24. The van der Waals surface area contributed by atoms with Gasteiger partial charge in [-0.3, -0.25) is 5.41 Å². The number of hydrogen-bond acceptors (Lipinski definition) is 3. The maximum absolute atomic E-state index is 7.42. The van der Waals surface area contributed by atoms with E-state index in [1.807, 2.05) is 43.4 Å². The van der Waals surface area contributed by atoms with E-state index in [2.05, 4.69) is 4.90 Å². The maximum Gasteiger partial charge on any atom is 0.122 e. The molecule has 4 nitrogen and oxygen atoms in total. The summed E-state index contributed by atoms with van der Waals surface area (Å²) in [4.78, 5) is 2.08. The van der Waals surface area contributed by atoms with Crippen molar-refractivity contribution in [2.45, 2.75) is 6.54 Å². The molecule has 0 aliphatic rings. The largest absolute Gasteiger partial charge is 0.497 e. The fraction of sp³-hybridized carbons (Fsp3) is 0.188. The van der Waals surface area contributed by atoms with Crippen LogP contribution in [0.2, 0.25) is 5.02 Å². The van der Waals surface area contributed by atoms with Crippen molar-refractivity contribution in [3.63, 3.8) is 0 Å². The molecule has 0 fully saturated rings. The van der Waals surface area contributed by atoms with E-state index >= 15 is 0 Å². The van der Waals surface area contributed by atoms with E-state index in [1.165, 1.54) is 0 Å². The molecule has 0 bridgehead atoms. The highest BCUT2D eigenvalue weighted by atomic mass is 35.5. The second-order valence-corrected chi connectivity index (χ2v) is 5.18. The van der Waals surface area contributed by atoms with E-state index in [0.717, 1.165) is 17.0 Å². The van der Waals surface area contributed by atoms with Gasteiger partial charge in [-0.05, 0) is 23.8 Å². The van der Waals surface area contributed by atoms with Crippen LogP contribution in [0.3, 0.4) is 0 Å². The number of rotatable bonds is 5. The number of halogens is 1. The van der Waals surface area contributed by atoms with Gasteiger partial charge in [0.1, 0.15) is 11.6 Å². The van der Waals surface area contributed by atoms with Crippen molar-refractivity contribution in [1.29, 1.82) is 5.41 Å². The van der Waals surface area contributed by atoms with Crippen molar-refractivity contribution in [1.82, 2.24) is 0 Å². The molecule has 0 saturated heterocycles. The fourth-order valence-electron chi connectivity index (χ4n) is 2.04. The first-order valence-electron chi connectivity index (χ1n) is 6.49. The molecule has 0 aromatic heterocycles. The molecule has 0 unspecified atom stereocenters. The van der Waals surface area contributed by atoms with E-state index < -0.39 is 0 Å². The zero-order valence-corrected chi connectivity index (χ0v) is 12.8. The SMILES string of the molecule is COc1cccc(N(C)Cc2ccc(C(=N)N)cc2Cl)c1. The lowest BCUT2D eigenvalue weighted by Gasteiger charge is -2.21. The van der Waals surface area contributed by atoms with Crippen molar-refractivity contribution in [3.05, 3.63) is 58.6 Å². The molecule has 2 rings (SSSR count). The average Bonchev–Trinajstić information content (AvgIpc) is 2.49. The number of methoxy groups -OCH3 is 1. The molecule has 2 aromatic rings. The molecule has 110 valence electrons. The van der Waals surface area contributed by atoms with E-state index in [-0.39, 0.29) is 5.84 Å². The zero-order valence-electron chi connectivity index (χ0n) is 12.1. The lowest BCUT2D eigenvalue weighted by Crippen LogP contribution is -2.17. The van der Waals surface area contributed by atoms with Gasteiger partial charge in [0.2, 0.25) is 0 Å². The number of nitrogens with one attached hydrogen (secondary N) is 1. The van der Waals surface area contributed by atoms with Crippen LogP contribution in [0.4, 0.5) is 5.69 Å². The van der Waals surface area contributed by atoms with Crippen LogP contribution in [0.1, 0.15) is 11.1 Å². The van der Waals surface area contributed by atoms with Crippen LogP contribution in [0, 0.1) is 5.41 Å². The van der Waals surface area contributed by atoms with Crippen molar-refractivity contribution in [2.75, 3.05) is 19.1 Å². The smallest absolute Gasteiger partial charge is 0.122 e. The quantitative estimate of drug-likeness (QED) is 0.658. The Labute approximate surface area is 129 Å². The molecule has 3 N–H and O–H groups in total. The molecule has 0 aliphatic carbocycles. The number of nitrogen functional groups attached to an aromatic ring is 1. The van der Waals surface area contributed by atoms with Crippen LogP contribution in [0.25, 0.3) is 0 Å². The number of nitrogens with zero attached hydrogens (tertiary/aromatic N) is 1. The first kappa shape index (κ1) is 15.2. The number of hydrogen-bond donors (Lipinski definition) is 2. The Bertz CT molecular complexity index is 658. The third-order valence-corrected chi connectivity index (χ3v) is 3.62. The van der Waals surface area contributed by atoms with Gasteiger partial charge in [0, 0.05) is 35.9 Å². The summed E-state index contributed by atoms with van der Waals surface area (Å²) in [6, 6.07) is 13.3. The van der Waals surface area contributed by atoms with Gasteiger partial charge in [-0.2, -0.15) is 0 Å². The van der Waals surface area contributed by atoms with Crippen LogP contribution < -0.4 is 15.4 Å². The minimum Gasteiger partial charge on any atom is -0.497 e. The fourth-order valence-corrected chi connectivity index (χ4v) is 2.28. The van der Waals surface area contributed by atoms with Crippen LogP contribution in [-0.4, -0.2) is 20.0 Å². The molecule has 21 heavy (non-hydrogen) atoms. The van der Waals surface area contributed by atoms with Gasteiger partial charge in [-0.25, -0.2) is 0 Å². The second-order valence-electron chi connectivity index (χ2n) is 4.78. The van der Waals surface area contributed by atoms with Crippen LogP contribution in [-0.2, 0) is 6.54 Å². The summed E-state index contributed by atoms with van der Waals surface area (Å²) in [6.45, 7) is 0.657. The van der Waals surface area contributed by atoms with Crippen molar-refractivity contribution in [3.8, 4) is 5.75 Å². The highest BCUT2D eigenvalue weighted by Gasteiger charge is 2.08. The average molecular weight is 304 g/mol. The summed E-state index contributed by atoms with van der Waals surface area (Å²) in [7, 11) is 3.64. The third-order valence-electron chi connectivity index (χ3n) is 3.27. The summed E-state index contributed by atoms with van der Waals surface area (Å²) < 4.78 is 5.23. The van der Waals surface area contributed by atoms with Gasteiger partial charge in [-0.1, -0.05) is 29.8 Å². The first-order valence-corrected chi connectivity index (χ1v) is 6.87. The van der Waals surface area contributed by atoms with Crippen LogP contribution in [0.5, 0.6) is 5.75 Å². The standard InChI is InChI=1S/C16H18ClN3O/c1-20(13-4-3-5-14(9-13)21-2)10-12-7-6-11(16(18)19)8-15(12)17/h3-9H,10H2,1-2H3,(H3,18,19). The lowest BCUT2D eigenvalue weighted by atomic mass is 10.1. The van der Waals surface area contributed by atoms with E-state index in [9.17, 15) is 0 Å². The molecule has 0 aliphatic heterocycles. The topological polar surface area (TPSA) is 62.3 Å². The Hall–Kier alpha value is -2.20. The van der Waals surface area contributed by atoms with Gasteiger partial charge in [0.25, 0.3) is 0 Å². The molecule has 0 atom stereocenters. The molecule has 0 radical (unpaired) electrons. The highest BCUT2D eigenvalue weighted by molar-refractivity contribution is 6.31. The van der Waals surface area contributed by atoms with Gasteiger partial charge in [-0.15, -0.1) is 0 Å². The monoisotopic (exact) mass is 303 g/mol. The number of nitrogens with two attached hydrogens (primary N) is 1. The van der Waals surface area contributed by atoms with Crippen molar-refractivity contribution >= 4 is 23.1 Å². The second kappa shape index (κ2) is 6.50. The molecular weight excluding hydrogens is 286 g/mol. The predicted octanol–water partition coefficient (Wildman–Crippen LogP) is 3.27. The normalized spacial score (nSPS) is 10.2. The van der Waals surface area contributed by atoms with E-state index in [0.29, 0.717) is 17.1 Å². The minimum absolute atomic E-state index is 0.0181. The van der Waals surface area contributed by atoms with Crippen LogP contribution >= 0.6 is 11.6 Å². The van der Waals surface area contributed by atoms with Gasteiger partial charge in [0.15, 0.2) is 0 Å². The Morgan fingerprint density at radius 2 is 2.05 bits per heavy atom. The number of ether oxygens (including phenoxy) is 1. The molecule has 2 aromatic carbocycles. The van der Waals surface area contributed by atoms with Gasteiger partial charge >= 0.3 is 0 Å². The predicted molar refractivity (Wildman–Crippen MR) is 87.6 cm³/mol. The van der Waals surface area contributed by atoms with Crippen molar-refractivity contribution in [2.24, 2.45) is 5.73 Å². The zero-order chi connectivity index (χ0) is 15.4. The molecule has 0 saturated carbocycles. The van der Waals surface area contributed by atoms with Crippen LogP contribution in [0.15, 0.2) is 42.5 Å². The maximum atomic E-state index is 7.42. The number of anilines is 1. The van der Waals surface area contributed by atoms with Crippen molar-refractivity contribution < 1.29 is 4.74 Å². The molecule has 0 heterocycles. The molecule has 5 heteroatoms. The first-order chi connectivity index (χ1) is 10.0. The summed E-state index contributed by atoms with van der Waals surface area (Å²) in [6.07, 6.45) is 0. The number of amidine groups is 1.